The molecule has 2 amide bonds. The molecule has 2 rings (SSSR count). The Bertz CT molecular complexity index is 407. The largest absolute Gasteiger partial charge is 0.370 e. The van der Waals surface area contributed by atoms with Crippen LogP contribution in [0.5, 0.6) is 0 Å². The molecule has 5 heteroatoms. The molecular formula is C12H18N4O. The van der Waals surface area contributed by atoms with Crippen molar-refractivity contribution < 1.29 is 4.79 Å². The first-order chi connectivity index (χ1) is 8.16. The quantitative estimate of drug-likeness (QED) is 0.788. The van der Waals surface area contributed by atoms with Crippen molar-refractivity contribution in [2.75, 3.05) is 31.1 Å². The summed E-state index contributed by atoms with van der Waals surface area (Å²) < 4.78 is 0. The van der Waals surface area contributed by atoms with Gasteiger partial charge in [-0.05, 0) is 25.5 Å². The number of aryl methyl sites for hydroxylation is 1. The zero-order valence-corrected chi connectivity index (χ0v) is 10.1. The molecule has 1 saturated heterocycles. The predicted octanol–water partition coefficient (Wildman–Crippen LogP) is 0.981. The van der Waals surface area contributed by atoms with E-state index in [-0.39, 0.29) is 6.03 Å². The van der Waals surface area contributed by atoms with Crippen molar-refractivity contribution in [3.05, 3.63) is 24.0 Å². The van der Waals surface area contributed by atoms with Gasteiger partial charge in [0.1, 0.15) is 0 Å². The first-order valence-electron chi connectivity index (χ1n) is 5.89. The van der Waals surface area contributed by atoms with Crippen molar-refractivity contribution in [1.29, 1.82) is 0 Å². The van der Waals surface area contributed by atoms with Crippen LogP contribution < -0.4 is 10.6 Å². The Morgan fingerprint density at radius 1 is 1.35 bits per heavy atom. The third-order valence-corrected chi connectivity index (χ3v) is 3.05. The SMILES string of the molecule is Cc1cc(N2CCCN(C(N)=O)CC2)ccn1. The minimum atomic E-state index is -0.322. The number of rotatable bonds is 1. The van der Waals surface area contributed by atoms with E-state index in [0.717, 1.165) is 31.7 Å². The highest BCUT2D eigenvalue weighted by atomic mass is 16.2. The van der Waals surface area contributed by atoms with E-state index in [4.69, 9.17) is 5.73 Å². The van der Waals surface area contributed by atoms with Gasteiger partial charge >= 0.3 is 6.03 Å². The highest BCUT2D eigenvalue weighted by Crippen LogP contribution is 2.16. The number of pyridine rings is 1. The fraction of sp³-hybridized carbons (Fsp3) is 0.500. The van der Waals surface area contributed by atoms with E-state index in [9.17, 15) is 4.79 Å². The van der Waals surface area contributed by atoms with Gasteiger partial charge in [0.15, 0.2) is 0 Å². The van der Waals surface area contributed by atoms with Crippen LogP contribution in [0.1, 0.15) is 12.1 Å². The van der Waals surface area contributed by atoms with Crippen LogP contribution in [0.15, 0.2) is 18.3 Å². The van der Waals surface area contributed by atoms with E-state index in [1.807, 2.05) is 19.2 Å². The zero-order valence-electron chi connectivity index (χ0n) is 10.1. The monoisotopic (exact) mass is 234 g/mol. The van der Waals surface area contributed by atoms with Gasteiger partial charge in [0.25, 0.3) is 0 Å². The first-order valence-corrected chi connectivity index (χ1v) is 5.89. The van der Waals surface area contributed by atoms with Gasteiger partial charge in [-0.2, -0.15) is 0 Å². The number of amides is 2. The molecule has 17 heavy (non-hydrogen) atoms. The van der Waals surface area contributed by atoms with Gasteiger partial charge in [0.2, 0.25) is 0 Å². The van der Waals surface area contributed by atoms with Crippen LogP contribution in [0.3, 0.4) is 0 Å². The molecule has 0 bridgehead atoms. The number of nitrogens with two attached hydrogens (primary N) is 1. The van der Waals surface area contributed by atoms with Crippen LogP contribution in [0.2, 0.25) is 0 Å². The lowest BCUT2D eigenvalue weighted by Crippen LogP contribution is -2.38. The van der Waals surface area contributed by atoms with Crippen LogP contribution in [-0.4, -0.2) is 42.1 Å². The van der Waals surface area contributed by atoms with Crippen molar-refractivity contribution in [2.45, 2.75) is 13.3 Å². The number of aromatic nitrogens is 1. The van der Waals surface area contributed by atoms with Crippen molar-refractivity contribution in [2.24, 2.45) is 5.73 Å². The van der Waals surface area contributed by atoms with Crippen LogP contribution in [0.4, 0.5) is 10.5 Å². The molecule has 2 heterocycles. The standard InChI is InChI=1S/C12H18N4O/c1-10-9-11(3-4-14-10)15-5-2-6-16(8-7-15)12(13)17/h3-4,9H,2,5-8H2,1H3,(H2,13,17). The Morgan fingerprint density at radius 2 is 2.18 bits per heavy atom. The maximum absolute atomic E-state index is 11.1. The average Bonchev–Trinajstić information content (AvgIpc) is 2.54. The molecule has 0 aromatic carbocycles. The smallest absolute Gasteiger partial charge is 0.314 e. The Hall–Kier alpha value is -1.78. The molecule has 1 aliphatic heterocycles. The van der Waals surface area contributed by atoms with Crippen molar-refractivity contribution in [3.8, 4) is 0 Å². The third kappa shape index (κ3) is 2.87. The highest BCUT2D eigenvalue weighted by molar-refractivity contribution is 5.72. The minimum absolute atomic E-state index is 0.322. The molecule has 92 valence electrons. The second-order valence-corrected chi connectivity index (χ2v) is 4.32. The lowest BCUT2D eigenvalue weighted by molar-refractivity contribution is 0.211. The van der Waals surface area contributed by atoms with E-state index in [2.05, 4.69) is 16.0 Å². The number of carbonyl (C=O) groups is 1. The molecule has 1 aromatic rings. The number of primary amides is 1. The van der Waals surface area contributed by atoms with Crippen LogP contribution in [0, 0.1) is 6.92 Å². The normalized spacial score (nSPS) is 16.8. The number of hydrogen-bond donors (Lipinski definition) is 1. The molecule has 0 spiro atoms. The van der Waals surface area contributed by atoms with E-state index < -0.39 is 0 Å². The molecule has 0 atom stereocenters. The fourth-order valence-corrected chi connectivity index (χ4v) is 2.12. The first kappa shape index (κ1) is 11.7. The molecule has 2 N–H and O–H groups in total. The number of anilines is 1. The van der Waals surface area contributed by atoms with Gasteiger partial charge in [0, 0.05) is 43.8 Å². The summed E-state index contributed by atoms with van der Waals surface area (Å²) in [4.78, 5) is 19.3. The van der Waals surface area contributed by atoms with Crippen LogP contribution >= 0.6 is 0 Å². The summed E-state index contributed by atoms with van der Waals surface area (Å²) in [7, 11) is 0. The van der Waals surface area contributed by atoms with Crippen molar-refractivity contribution in [3.63, 3.8) is 0 Å². The highest BCUT2D eigenvalue weighted by Gasteiger charge is 2.17. The van der Waals surface area contributed by atoms with Crippen LogP contribution in [-0.2, 0) is 0 Å². The predicted molar refractivity (Wildman–Crippen MR) is 67.0 cm³/mol. The molecular weight excluding hydrogens is 216 g/mol. The maximum Gasteiger partial charge on any atom is 0.314 e. The Labute approximate surface area is 101 Å². The topological polar surface area (TPSA) is 62.5 Å². The molecule has 0 radical (unpaired) electrons. The summed E-state index contributed by atoms with van der Waals surface area (Å²) in [6, 6.07) is 3.75. The summed E-state index contributed by atoms with van der Waals surface area (Å²) in [5.74, 6) is 0. The van der Waals surface area contributed by atoms with E-state index in [1.54, 1.807) is 4.90 Å². The van der Waals surface area contributed by atoms with Gasteiger partial charge < -0.3 is 15.5 Å². The number of nitrogens with zero attached hydrogens (tertiary/aromatic N) is 3. The second kappa shape index (κ2) is 5.03. The summed E-state index contributed by atoms with van der Waals surface area (Å²) in [5, 5.41) is 0. The molecule has 1 aliphatic rings. The average molecular weight is 234 g/mol. The Balaban J connectivity index is 2.06. The maximum atomic E-state index is 11.1. The molecule has 1 aromatic heterocycles. The molecule has 0 aliphatic carbocycles. The summed E-state index contributed by atoms with van der Waals surface area (Å²) in [6.07, 6.45) is 2.77. The van der Waals surface area contributed by atoms with Crippen LogP contribution in [0.25, 0.3) is 0 Å². The van der Waals surface area contributed by atoms with Gasteiger partial charge in [-0.25, -0.2) is 4.79 Å². The van der Waals surface area contributed by atoms with E-state index in [0.29, 0.717) is 6.54 Å². The fourth-order valence-electron chi connectivity index (χ4n) is 2.12. The third-order valence-electron chi connectivity index (χ3n) is 3.05. The summed E-state index contributed by atoms with van der Waals surface area (Å²) in [5.41, 5.74) is 7.49. The zero-order chi connectivity index (χ0) is 12.3. The summed E-state index contributed by atoms with van der Waals surface area (Å²) >= 11 is 0. The van der Waals surface area contributed by atoms with Gasteiger partial charge in [0.05, 0.1) is 0 Å². The summed E-state index contributed by atoms with van der Waals surface area (Å²) in [6.45, 7) is 5.20. The lowest BCUT2D eigenvalue weighted by Gasteiger charge is -2.23. The second-order valence-electron chi connectivity index (χ2n) is 4.32. The van der Waals surface area contributed by atoms with Gasteiger partial charge in [-0.3, -0.25) is 4.98 Å². The number of carbonyl (C=O) groups excluding carboxylic acids is 1. The molecule has 5 nitrogen and oxygen atoms in total. The van der Waals surface area contributed by atoms with Gasteiger partial charge in [-0.1, -0.05) is 0 Å². The number of urea groups is 1. The molecule has 0 saturated carbocycles. The van der Waals surface area contributed by atoms with Crippen molar-refractivity contribution >= 4 is 11.7 Å². The minimum Gasteiger partial charge on any atom is -0.370 e. The Morgan fingerprint density at radius 3 is 2.88 bits per heavy atom. The number of hydrogen-bond acceptors (Lipinski definition) is 3. The molecule has 1 fully saturated rings. The molecule has 0 unspecified atom stereocenters. The Kier molecular flexibility index (Phi) is 3.46. The van der Waals surface area contributed by atoms with E-state index in [1.165, 1.54) is 5.69 Å². The van der Waals surface area contributed by atoms with Crippen molar-refractivity contribution in [1.82, 2.24) is 9.88 Å². The van der Waals surface area contributed by atoms with E-state index >= 15 is 0 Å². The lowest BCUT2D eigenvalue weighted by atomic mass is 10.3. The van der Waals surface area contributed by atoms with Gasteiger partial charge in [-0.15, -0.1) is 0 Å².